The molecule has 0 heterocycles. The highest BCUT2D eigenvalue weighted by molar-refractivity contribution is 9.09. The highest BCUT2D eigenvalue weighted by atomic mass is 79.9. The highest BCUT2D eigenvalue weighted by Crippen LogP contribution is 2.34. The summed E-state index contributed by atoms with van der Waals surface area (Å²) in [5.74, 6) is 2.79. The van der Waals surface area contributed by atoms with Crippen LogP contribution in [0.4, 0.5) is 0 Å². The molecule has 12 heavy (non-hydrogen) atoms. The van der Waals surface area contributed by atoms with E-state index >= 15 is 0 Å². The van der Waals surface area contributed by atoms with Crippen LogP contribution >= 0.6 is 15.9 Å². The average molecular weight is 233 g/mol. The molecular weight excluding hydrogens is 212 g/mol. The summed E-state index contributed by atoms with van der Waals surface area (Å²) >= 11 is 3.65. The van der Waals surface area contributed by atoms with E-state index in [0.29, 0.717) is 0 Å². The minimum Gasteiger partial charge on any atom is -0.0925 e. The molecule has 0 nitrogen and oxygen atoms in total. The summed E-state index contributed by atoms with van der Waals surface area (Å²) < 4.78 is 0. The molecule has 0 bridgehead atoms. The highest BCUT2D eigenvalue weighted by Gasteiger charge is 2.24. The molecule has 1 saturated carbocycles. The summed E-state index contributed by atoms with van der Waals surface area (Å²) in [4.78, 5) is 0. The molecule has 0 radical (unpaired) electrons. The standard InChI is InChI=1S/C11H21Br/c1-9(2)11(8-12)10-6-4-3-5-7-10/h9-11H,3-8H2,1-2H3. The second-order valence-electron chi connectivity index (χ2n) is 4.46. The third-order valence-electron chi connectivity index (χ3n) is 3.29. The van der Waals surface area contributed by atoms with Gasteiger partial charge in [-0.2, -0.15) is 0 Å². The summed E-state index contributed by atoms with van der Waals surface area (Å²) in [7, 11) is 0. The van der Waals surface area contributed by atoms with Crippen LogP contribution in [0.1, 0.15) is 46.0 Å². The molecule has 0 amide bonds. The van der Waals surface area contributed by atoms with Gasteiger partial charge >= 0.3 is 0 Å². The van der Waals surface area contributed by atoms with Crippen LogP contribution in [-0.2, 0) is 0 Å². The van der Waals surface area contributed by atoms with E-state index in [9.17, 15) is 0 Å². The van der Waals surface area contributed by atoms with Gasteiger partial charge in [-0.15, -0.1) is 0 Å². The Bertz CT molecular complexity index is 114. The van der Waals surface area contributed by atoms with Crippen molar-refractivity contribution in [3.8, 4) is 0 Å². The van der Waals surface area contributed by atoms with Crippen molar-refractivity contribution in [1.29, 1.82) is 0 Å². The second kappa shape index (κ2) is 5.26. The van der Waals surface area contributed by atoms with Gasteiger partial charge in [0.2, 0.25) is 0 Å². The summed E-state index contributed by atoms with van der Waals surface area (Å²) in [6.45, 7) is 4.72. The van der Waals surface area contributed by atoms with Gasteiger partial charge in [0, 0.05) is 5.33 Å². The first-order chi connectivity index (χ1) is 5.75. The Labute approximate surface area is 85.3 Å². The van der Waals surface area contributed by atoms with Gasteiger partial charge in [-0.25, -0.2) is 0 Å². The van der Waals surface area contributed by atoms with E-state index < -0.39 is 0 Å². The molecule has 0 aromatic carbocycles. The Morgan fingerprint density at radius 1 is 1.17 bits per heavy atom. The van der Waals surface area contributed by atoms with E-state index in [1.165, 1.54) is 37.4 Å². The normalized spacial score (nSPS) is 23.0. The van der Waals surface area contributed by atoms with Crippen LogP contribution in [0.5, 0.6) is 0 Å². The summed E-state index contributed by atoms with van der Waals surface area (Å²) in [6, 6.07) is 0. The van der Waals surface area contributed by atoms with Gasteiger partial charge < -0.3 is 0 Å². The van der Waals surface area contributed by atoms with Crippen molar-refractivity contribution in [1.82, 2.24) is 0 Å². The molecular formula is C11H21Br. The van der Waals surface area contributed by atoms with Crippen molar-refractivity contribution in [3.05, 3.63) is 0 Å². The minimum absolute atomic E-state index is 0.854. The molecule has 1 heteroatoms. The third kappa shape index (κ3) is 2.76. The predicted octanol–water partition coefficient (Wildman–Crippen LogP) is 4.23. The van der Waals surface area contributed by atoms with Crippen LogP contribution in [0.15, 0.2) is 0 Å². The van der Waals surface area contributed by atoms with Gasteiger partial charge in [-0.05, 0) is 17.8 Å². The fourth-order valence-corrected chi connectivity index (χ4v) is 3.69. The zero-order valence-electron chi connectivity index (χ0n) is 8.35. The number of hydrogen-bond donors (Lipinski definition) is 0. The van der Waals surface area contributed by atoms with E-state index in [2.05, 4.69) is 29.8 Å². The van der Waals surface area contributed by atoms with E-state index in [1.807, 2.05) is 0 Å². The minimum atomic E-state index is 0.854. The van der Waals surface area contributed by atoms with Crippen LogP contribution < -0.4 is 0 Å². The van der Waals surface area contributed by atoms with Crippen molar-refractivity contribution in [2.45, 2.75) is 46.0 Å². The predicted molar refractivity (Wildman–Crippen MR) is 58.7 cm³/mol. The topological polar surface area (TPSA) is 0 Å². The first kappa shape index (κ1) is 10.6. The molecule has 1 unspecified atom stereocenters. The summed E-state index contributed by atoms with van der Waals surface area (Å²) in [5.41, 5.74) is 0. The smallest absolute Gasteiger partial charge is 0.00647 e. The van der Waals surface area contributed by atoms with Crippen LogP contribution in [0, 0.1) is 17.8 Å². The average Bonchev–Trinajstić information content (AvgIpc) is 2.07. The zero-order valence-corrected chi connectivity index (χ0v) is 9.94. The lowest BCUT2D eigenvalue weighted by atomic mass is 9.76. The SMILES string of the molecule is CC(C)C(CBr)C1CCCCC1. The quantitative estimate of drug-likeness (QED) is 0.640. The van der Waals surface area contributed by atoms with Crippen LogP contribution in [-0.4, -0.2) is 5.33 Å². The van der Waals surface area contributed by atoms with Crippen molar-refractivity contribution in [3.63, 3.8) is 0 Å². The number of hydrogen-bond acceptors (Lipinski definition) is 0. The number of halogens is 1. The maximum absolute atomic E-state index is 3.65. The molecule has 1 atom stereocenters. The van der Waals surface area contributed by atoms with Gasteiger partial charge in [0.25, 0.3) is 0 Å². The van der Waals surface area contributed by atoms with Crippen LogP contribution in [0.25, 0.3) is 0 Å². The Hall–Kier alpha value is 0.480. The van der Waals surface area contributed by atoms with Gasteiger partial charge in [0.15, 0.2) is 0 Å². The van der Waals surface area contributed by atoms with E-state index in [1.54, 1.807) is 0 Å². The summed E-state index contributed by atoms with van der Waals surface area (Å²) in [5, 5.41) is 1.20. The molecule has 1 fully saturated rings. The number of rotatable bonds is 3. The Kier molecular flexibility index (Phi) is 4.63. The fraction of sp³-hybridized carbons (Fsp3) is 1.00. The largest absolute Gasteiger partial charge is 0.0925 e. The first-order valence-electron chi connectivity index (χ1n) is 5.31. The molecule has 0 spiro atoms. The summed E-state index contributed by atoms with van der Waals surface area (Å²) in [6.07, 6.45) is 7.38. The van der Waals surface area contributed by atoms with Gasteiger partial charge in [0.05, 0.1) is 0 Å². The molecule has 0 saturated heterocycles. The molecule has 0 N–H and O–H groups in total. The van der Waals surface area contributed by atoms with E-state index in [-0.39, 0.29) is 0 Å². The van der Waals surface area contributed by atoms with Crippen LogP contribution in [0.2, 0.25) is 0 Å². The molecule has 0 aromatic heterocycles. The van der Waals surface area contributed by atoms with Crippen molar-refractivity contribution in [2.24, 2.45) is 17.8 Å². The lowest BCUT2D eigenvalue weighted by Gasteiger charge is -2.31. The van der Waals surface area contributed by atoms with Gasteiger partial charge in [-0.1, -0.05) is 61.9 Å². The Balaban J connectivity index is 2.40. The zero-order chi connectivity index (χ0) is 8.97. The van der Waals surface area contributed by atoms with Crippen molar-refractivity contribution < 1.29 is 0 Å². The monoisotopic (exact) mass is 232 g/mol. The van der Waals surface area contributed by atoms with Crippen LogP contribution in [0.3, 0.4) is 0 Å². The van der Waals surface area contributed by atoms with Gasteiger partial charge in [-0.3, -0.25) is 0 Å². The number of alkyl halides is 1. The van der Waals surface area contributed by atoms with E-state index in [4.69, 9.17) is 0 Å². The maximum atomic E-state index is 3.65. The molecule has 0 aromatic rings. The molecule has 0 aliphatic heterocycles. The Morgan fingerprint density at radius 2 is 1.75 bits per heavy atom. The lowest BCUT2D eigenvalue weighted by molar-refractivity contribution is 0.219. The maximum Gasteiger partial charge on any atom is 0.00647 e. The van der Waals surface area contributed by atoms with Crippen molar-refractivity contribution >= 4 is 15.9 Å². The molecule has 1 aliphatic rings. The third-order valence-corrected chi connectivity index (χ3v) is 4.04. The van der Waals surface area contributed by atoms with Crippen molar-refractivity contribution in [2.75, 3.05) is 5.33 Å². The second-order valence-corrected chi connectivity index (χ2v) is 5.11. The molecule has 1 aliphatic carbocycles. The molecule has 1 rings (SSSR count). The van der Waals surface area contributed by atoms with E-state index in [0.717, 1.165) is 17.8 Å². The lowest BCUT2D eigenvalue weighted by Crippen LogP contribution is -2.23. The van der Waals surface area contributed by atoms with Gasteiger partial charge in [0.1, 0.15) is 0 Å². The molecule has 72 valence electrons. The Morgan fingerprint density at radius 3 is 2.17 bits per heavy atom. The fourth-order valence-electron chi connectivity index (χ4n) is 2.41. The first-order valence-corrected chi connectivity index (χ1v) is 6.43.